The van der Waals surface area contributed by atoms with Crippen LogP contribution in [0.2, 0.25) is 0 Å². The van der Waals surface area contributed by atoms with Crippen LogP contribution in [0.3, 0.4) is 0 Å². The minimum Gasteiger partial charge on any atom is -0.375 e. The maximum atomic E-state index is 5.66. The molecule has 1 atom stereocenters. The third kappa shape index (κ3) is 6.12. The molecule has 0 bridgehead atoms. The zero-order valence-corrected chi connectivity index (χ0v) is 13.8. The normalized spacial score (nSPS) is 12.7. The van der Waals surface area contributed by atoms with Crippen molar-refractivity contribution in [3.63, 3.8) is 0 Å². The molecule has 1 unspecified atom stereocenters. The Hall–Kier alpha value is -2.33. The zero-order chi connectivity index (χ0) is 16.3. The van der Waals surface area contributed by atoms with Gasteiger partial charge in [-0.25, -0.2) is 0 Å². The molecule has 2 rings (SSSR count). The molecule has 0 saturated heterocycles. The highest BCUT2D eigenvalue weighted by Crippen LogP contribution is 2.10. The Labute approximate surface area is 138 Å². The fourth-order valence-corrected chi connectivity index (χ4v) is 2.23. The third-order valence-electron chi connectivity index (χ3n) is 3.53. The summed E-state index contributed by atoms with van der Waals surface area (Å²) in [6, 6.07) is 20.7. The SMILES string of the molecule is CN=C(NCCOCc1ccccc1)NC(C)c1ccccc1. The molecule has 0 aliphatic rings. The van der Waals surface area contributed by atoms with Gasteiger partial charge in [0.05, 0.1) is 19.3 Å². The van der Waals surface area contributed by atoms with Crippen LogP contribution in [0.25, 0.3) is 0 Å². The van der Waals surface area contributed by atoms with E-state index in [9.17, 15) is 0 Å². The topological polar surface area (TPSA) is 45.7 Å². The summed E-state index contributed by atoms with van der Waals surface area (Å²) in [6.07, 6.45) is 0. The van der Waals surface area contributed by atoms with E-state index in [1.165, 1.54) is 11.1 Å². The van der Waals surface area contributed by atoms with E-state index in [2.05, 4.69) is 46.8 Å². The Bertz CT molecular complexity index is 584. The number of nitrogens with one attached hydrogen (secondary N) is 2. The van der Waals surface area contributed by atoms with Gasteiger partial charge < -0.3 is 15.4 Å². The van der Waals surface area contributed by atoms with Crippen molar-refractivity contribution in [2.75, 3.05) is 20.2 Å². The van der Waals surface area contributed by atoms with Crippen LogP contribution in [0, 0.1) is 0 Å². The van der Waals surface area contributed by atoms with Gasteiger partial charge in [-0.05, 0) is 18.1 Å². The zero-order valence-electron chi connectivity index (χ0n) is 13.8. The van der Waals surface area contributed by atoms with Crippen molar-refractivity contribution >= 4 is 5.96 Å². The van der Waals surface area contributed by atoms with Gasteiger partial charge in [-0.1, -0.05) is 60.7 Å². The summed E-state index contributed by atoms with van der Waals surface area (Å²) >= 11 is 0. The van der Waals surface area contributed by atoms with Crippen LogP contribution in [0.4, 0.5) is 0 Å². The van der Waals surface area contributed by atoms with Crippen molar-refractivity contribution in [1.29, 1.82) is 0 Å². The summed E-state index contributed by atoms with van der Waals surface area (Å²) in [5.41, 5.74) is 2.42. The van der Waals surface area contributed by atoms with Crippen LogP contribution in [0.1, 0.15) is 24.1 Å². The monoisotopic (exact) mass is 311 g/mol. The summed E-state index contributed by atoms with van der Waals surface area (Å²) in [7, 11) is 1.78. The molecule has 0 fully saturated rings. The third-order valence-corrected chi connectivity index (χ3v) is 3.53. The molecule has 2 aromatic rings. The fraction of sp³-hybridized carbons (Fsp3) is 0.316. The Balaban J connectivity index is 1.67. The highest BCUT2D eigenvalue weighted by Gasteiger charge is 2.06. The fourth-order valence-electron chi connectivity index (χ4n) is 2.23. The van der Waals surface area contributed by atoms with Crippen LogP contribution >= 0.6 is 0 Å². The smallest absolute Gasteiger partial charge is 0.191 e. The first kappa shape index (κ1) is 17.0. The van der Waals surface area contributed by atoms with Crippen molar-refractivity contribution in [3.8, 4) is 0 Å². The molecule has 2 N–H and O–H groups in total. The molecule has 23 heavy (non-hydrogen) atoms. The van der Waals surface area contributed by atoms with Crippen molar-refractivity contribution in [1.82, 2.24) is 10.6 Å². The molecule has 0 heterocycles. The molecule has 0 spiro atoms. The lowest BCUT2D eigenvalue weighted by molar-refractivity contribution is 0.125. The number of guanidine groups is 1. The highest BCUT2D eigenvalue weighted by atomic mass is 16.5. The number of rotatable bonds is 7. The lowest BCUT2D eigenvalue weighted by Crippen LogP contribution is -2.40. The number of hydrogen-bond donors (Lipinski definition) is 2. The molecule has 0 aliphatic heterocycles. The van der Waals surface area contributed by atoms with Gasteiger partial charge >= 0.3 is 0 Å². The molecule has 2 aromatic carbocycles. The molecule has 0 radical (unpaired) electrons. The molecule has 122 valence electrons. The van der Waals surface area contributed by atoms with E-state index in [0.717, 1.165) is 5.96 Å². The second-order valence-corrected chi connectivity index (χ2v) is 5.31. The summed E-state index contributed by atoms with van der Waals surface area (Å²) in [5, 5.41) is 6.65. The number of nitrogens with zero attached hydrogens (tertiary/aromatic N) is 1. The van der Waals surface area contributed by atoms with E-state index < -0.39 is 0 Å². The highest BCUT2D eigenvalue weighted by molar-refractivity contribution is 5.80. The molecule has 0 amide bonds. The van der Waals surface area contributed by atoms with Crippen molar-refractivity contribution in [2.45, 2.75) is 19.6 Å². The minimum atomic E-state index is 0.202. The Morgan fingerprint density at radius 2 is 1.70 bits per heavy atom. The average molecular weight is 311 g/mol. The average Bonchev–Trinajstić information content (AvgIpc) is 2.62. The molecular formula is C19H25N3O. The maximum Gasteiger partial charge on any atom is 0.191 e. The molecule has 4 nitrogen and oxygen atoms in total. The number of aliphatic imine (C=N–C) groups is 1. The van der Waals surface area contributed by atoms with Gasteiger partial charge in [-0.15, -0.1) is 0 Å². The standard InChI is InChI=1S/C19H25N3O/c1-16(18-11-7-4-8-12-18)22-19(20-2)21-13-14-23-15-17-9-5-3-6-10-17/h3-12,16H,13-15H2,1-2H3,(H2,20,21,22). The van der Waals surface area contributed by atoms with E-state index in [1.54, 1.807) is 7.05 Å². The predicted octanol–water partition coefficient (Wildman–Crippen LogP) is 3.13. The van der Waals surface area contributed by atoms with Gasteiger partial charge in [0.1, 0.15) is 0 Å². The molecule has 0 saturated carbocycles. The number of hydrogen-bond acceptors (Lipinski definition) is 2. The van der Waals surface area contributed by atoms with E-state index in [4.69, 9.17) is 4.74 Å². The Kier molecular flexibility index (Phi) is 7.14. The van der Waals surface area contributed by atoms with Crippen LogP contribution in [-0.4, -0.2) is 26.2 Å². The summed E-state index contributed by atoms with van der Waals surface area (Å²) in [4.78, 5) is 4.25. The van der Waals surface area contributed by atoms with Crippen molar-refractivity contribution in [3.05, 3.63) is 71.8 Å². The van der Waals surface area contributed by atoms with E-state index in [-0.39, 0.29) is 6.04 Å². The van der Waals surface area contributed by atoms with E-state index in [1.807, 2.05) is 36.4 Å². The Morgan fingerprint density at radius 1 is 1.04 bits per heavy atom. The summed E-state index contributed by atoms with van der Waals surface area (Å²) < 4.78 is 5.66. The van der Waals surface area contributed by atoms with Crippen molar-refractivity contribution < 1.29 is 4.74 Å². The maximum absolute atomic E-state index is 5.66. The van der Waals surface area contributed by atoms with Crippen LogP contribution in [-0.2, 0) is 11.3 Å². The van der Waals surface area contributed by atoms with Crippen LogP contribution in [0.5, 0.6) is 0 Å². The van der Waals surface area contributed by atoms with E-state index >= 15 is 0 Å². The van der Waals surface area contributed by atoms with Crippen LogP contribution < -0.4 is 10.6 Å². The second kappa shape index (κ2) is 9.64. The summed E-state index contributed by atoms with van der Waals surface area (Å²) in [6.45, 7) is 4.10. The molecule has 4 heteroatoms. The molecular weight excluding hydrogens is 286 g/mol. The predicted molar refractivity (Wildman–Crippen MR) is 95.5 cm³/mol. The second-order valence-electron chi connectivity index (χ2n) is 5.31. The van der Waals surface area contributed by atoms with Gasteiger partial charge in [0.2, 0.25) is 0 Å². The van der Waals surface area contributed by atoms with Gasteiger partial charge in [-0.2, -0.15) is 0 Å². The lowest BCUT2D eigenvalue weighted by atomic mass is 10.1. The first-order valence-electron chi connectivity index (χ1n) is 7.93. The van der Waals surface area contributed by atoms with Gasteiger partial charge in [0.15, 0.2) is 5.96 Å². The van der Waals surface area contributed by atoms with Gasteiger partial charge in [0.25, 0.3) is 0 Å². The van der Waals surface area contributed by atoms with Crippen LogP contribution in [0.15, 0.2) is 65.7 Å². The minimum absolute atomic E-state index is 0.202. The largest absolute Gasteiger partial charge is 0.375 e. The lowest BCUT2D eigenvalue weighted by Gasteiger charge is -2.18. The quantitative estimate of drug-likeness (QED) is 0.469. The van der Waals surface area contributed by atoms with Crippen molar-refractivity contribution in [2.24, 2.45) is 4.99 Å². The van der Waals surface area contributed by atoms with E-state index in [0.29, 0.717) is 19.8 Å². The molecule has 0 aromatic heterocycles. The van der Waals surface area contributed by atoms with Gasteiger partial charge in [-0.3, -0.25) is 4.99 Å². The first-order valence-corrected chi connectivity index (χ1v) is 7.93. The number of benzene rings is 2. The van der Waals surface area contributed by atoms with Gasteiger partial charge in [0, 0.05) is 13.6 Å². The Morgan fingerprint density at radius 3 is 2.35 bits per heavy atom. The number of ether oxygens (including phenoxy) is 1. The first-order chi connectivity index (χ1) is 11.3. The summed E-state index contributed by atoms with van der Waals surface area (Å²) in [5.74, 6) is 0.782. The molecule has 0 aliphatic carbocycles.